The Balaban J connectivity index is 2.24. The molecular formula is C23H31NO2S. The molecule has 1 heterocycles. The van der Waals surface area contributed by atoms with Crippen LogP contribution in [0, 0.1) is 13.8 Å². The number of fused-ring (bicyclic) bond motifs is 1. The zero-order valence-corrected chi connectivity index (χ0v) is 17.7. The Labute approximate surface area is 164 Å². The average Bonchev–Trinajstić information content (AvgIpc) is 2.75. The van der Waals surface area contributed by atoms with Gasteiger partial charge in [0.2, 0.25) is 0 Å². The highest BCUT2D eigenvalue weighted by Gasteiger charge is 2.41. The topological polar surface area (TPSA) is 46.2 Å². The number of aryl methyl sites for hydroxylation is 2. The van der Waals surface area contributed by atoms with Crippen molar-refractivity contribution in [3.63, 3.8) is 0 Å². The van der Waals surface area contributed by atoms with Crippen molar-refractivity contribution in [2.75, 3.05) is 5.75 Å². The third-order valence-corrected chi connectivity index (χ3v) is 7.96. The molecular weight excluding hydrogens is 354 g/mol. The van der Waals surface area contributed by atoms with E-state index in [2.05, 4.69) is 44.3 Å². The normalized spacial score (nSPS) is 24.2. The number of benzene rings is 2. The molecule has 0 bridgehead atoms. The van der Waals surface area contributed by atoms with E-state index in [0.29, 0.717) is 4.90 Å². The van der Waals surface area contributed by atoms with Gasteiger partial charge in [-0.25, -0.2) is 8.42 Å². The van der Waals surface area contributed by atoms with Gasteiger partial charge in [-0.3, -0.25) is 5.32 Å². The number of hydrogen-bond donors (Lipinski definition) is 1. The summed E-state index contributed by atoms with van der Waals surface area (Å²) < 4.78 is 26.9. The molecule has 3 nitrogen and oxygen atoms in total. The lowest BCUT2D eigenvalue weighted by molar-refractivity contribution is 0.295. The number of hydrogen-bond acceptors (Lipinski definition) is 3. The van der Waals surface area contributed by atoms with E-state index in [1.165, 1.54) is 0 Å². The first kappa shape index (κ1) is 20.1. The highest BCUT2D eigenvalue weighted by molar-refractivity contribution is 7.91. The van der Waals surface area contributed by atoms with Crippen LogP contribution in [0.15, 0.2) is 47.4 Å². The summed E-state index contributed by atoms with van der Waals surface area (Å²) >= 11 is 0. The molecule has 27 heavy (non-hydrogen) atoms. The fourth-order valence-corrected chi connectivity index (χ4v) is 6.33. The van der Waals surface area contributed by atoms with Gasteiger partial charge < -0.3 is 0 Å². The van der Waals surface area contributed by atoms with E-state index in [9.17, 15) is 8.42 Å². The minimum atomic E-state index is -3.37. The molecule has 0 radical (unpaired) electrons. The molecule has 0 saturated carbocycles. The smallest absolute Gasteiger partial charge is 0.180 e. The lowest BCUT2D eigenvalue weighted by Gasteiger charge is -2.36. The monoisotopic (exact) mass is 385 g/mol. The van der Waals surface area contributed by atoms with Crippen LogP contribution in [0.5, 0.6) is 0 Å². The predicted octanol–water partition coefficient (Wildman–Crippen LogP) is 5.11. The summed E-state index contributed by atoms with van der Waals surface area (Å²) in [6.45, 7) is 8.31. The Hall–Kier alpha value is -1.65. The number of nitrogens with one attached hydrogen (secondary N) is 1. The molecule has 0 amide bonds. The average molecular weight is 386 g/mol. The van der Waals surface area contributed by atoms with E-state index >= 15 is 0 Å². The van der Waals surface area contributed by atoms with Gasteiger partial charge in [0.15, 0.2) is 9.84 Å². The third-order valence-electron chi connectivity index (χ3n) is 6.01. The largest absolute Gasteiger partial charge is 0.300 e. The van der Waals surface area contributed by atoms with Gasteiger partial charge in [-0.2, -0.15) is 0 Å². The number of sulfone groups is 1. The molecule has 1 N–H and O–H groups in total. The molecule has 1 aliphatic heterocycles. The van der Waals surface area contributed by atoms with Gasteiger partial charge in [0.05, 0.1) is 16.7 Å². The minimum absolute atomic E-state index is 0.116. The van der Waals surface area contributed by atoms with Crippen LogP contribution in [0.25, 0.3) is 0 Å². The molecule has 0 saturated heterocycles. The van der Waals surface area contributed by atoms with Crippen LogP contribution in [0.1, 0.15) is 67.8 Å². The molecule has 2 atom stereocenters. The van der Waals surface area contributed by atoms with Crippen molar-refractivity contribution >= 4 is 9.84 Å². The second-order valence-electron chi connectivity index (χ2n) is 7.96. The van der Waals surface area contributed by atoms with E-state index in [1.54, 1.807) is 0 Å². The zero-order valence-electron chi connectivity index (χ0n) is 16.9. The molecule has 146 valence electrons. The van der Waals surface area contributed by atoms with Gasteiger partial charge in [0, 0.05) is 5.54 Å². The molecule has 2 aromatic rings. The Morgan fingerprint density at radius 2 is 1.74 bits per heavy atom. The molecule has 2 aromatic carbocycles. The predicted molar refractivity (Wildman–Crippen MR) is 112 cm³/mol. The van der Waals surface area contributed by atoms with Crippen molar-refractivity contribution in [1.82, 2.24) is 5.32 Å². The zero-order chi connectivity index (χ0) is 19.7. The lowest BCUT2D eigenvalue weighted by atomic mass is 9.87. The van der Waals surface area contributed by atoms with E-state index < -0.39 is 15.4 Å². The molecule has 0 fully saturated rings. The lowest BCUT2D eigenvalue weighted by Crippen LogP contribution is -2.50. The second kappa shape index (κ2) is 7.76. The molecule has 1 aliphatic rings. The minimum Gasteiger partial charge on any atom is -0.300 e. The van der Waals surface area contributed by atoms with Crippen molar-refractivity contribution in [3.05, 3.63) is 64.7 Å². The summed E-state index contributed by atoms with van der Waals surface area (Å²) in [6, 6.07) is 14.1. The first-order valence-corrected chi connectivity index (χ1v) is 11.6. The van der Waals surface area contributed by atoms with Crippen LogP contribution < -0.4 is 5.32 Å². The first-order valence-electron chi connectivity index (χ1n) is 9.98. The summed E-state index contributed by atoms with van der Waals surface area (Å²) in [5.74, 6) is 0.162. The Morgan fingerprint density at radius 1 is 1.07 bits per heavy atom. The van der Waals surface area contributed by atoms with Gasteiger partial charge >= 0.3 is 0 Å². The van der Waals surface area contributed by atoms with Crippen molar-refractivity contribution in [2.45, 2.75) is 69.9 Å². The summed E-state index contributed by atoms with van der Waals surface area (Å²) in [5, 5.41) is 3.81. The van der Waals surface area contributed by atoms with Crippen molar-refractivity contribution in [1.29, 1.82) is 0 Å². The summed E-state index contributed by atoms with van der Waals surface area (Å²) in [5.41, 5.74) is 3.76. The fourth-order valence-electron chi connectivity index (χ4n) is 4.12. The molecule has 0 spiro atoms. The molecule has 0 unspecified atom stereocenters. The molecule has 0 aliphatic carbocycles. The standard InChI is InChI=1S/C23H31NO2S/c1-5-7-13-23(6-2)16-27(25,26)21-15-18(4)17(3)14-20(21)22(24-23)19-11-9-8-10-12-19/h8-12,14-15,22,24H,5-7,13,16H2,1-4H3/t22-,23-/m1/s1. The van der Waals surface area contributed by atoms with E-state index in [-0.39, 0.29) is 11.8 Å². The van der Waals surface area contributed by atoms with Gasteiger partial charge in [-0.1, -0.05) is 63.1 Å². The molecule has 0 aromatic heterocycles. The third kappa shape index (κ3) is 3.97. The Bertz CT molecular complexity index is 905. The SMILES string of the molecule is CCCC[C@]1(CC)CS(=O)(=O)c2cc(C)c(C)cc2[C@@H](c2ccccc2)N1. The van der Waals surface area contributed by atoms with Gasteiger partial charge in [0.1, 0.15) is 0 Å². The Morgan fingerprint density at radius 3 is 2.37 bits per heavy atom. The molecule has 4 heteroatoms. The van der Waals surface area contributed by atoms with Gasteiger partial charge in [-0.15, -0.1) is 0 Å². The van der Waals surface area contributed by atoms with E-state index in [4.69, 9.17) is 0 Å². The van der Waals surface area contributed by atoms with Crippen LogP contribution in [-0.2, 0) is 9.84 Å². The fraction of sp³-hybridized carbons (Fsp3) is 0.478. The van der Waals surface area contributed by atoms with Crippen molar-refractivity contribution in [2.24, 2.45) is 0 Å². The van der Waals surface area contributed by atoms with Crippen molar-refractivity contribution in [3.8, 4) is 0 Å². The highest BCUT2D eigenvalue weighted by atomic mass is 32.2. The van der Waals surface area contributed by atoms with Gasteiger partial charge in [-0.05, 0) is 55.0 Å². The van der Waals surface area contributed by atoms with Gasteiger partial charge in [0.25, 0.3) is 0 Å². The maximum absolute atomic E-state index is 13.4. The summed E-state index contributed by atoms with van der Waals surface area (Å²) in [7, 11) is -3.37. The van der Waals surface area contributed by atoms with E-state index in [0.717, 1.165) is 47.9 Å². The highest BCUT2D eigenvalue weighted by Crippen LogP contribution is 2.39. The van der Waals surface area contributed by atoms with Crippen LogP contribution in [0.2, 0.25) is 0 Å². The first-order chi connectivity index (χ1) is 12.8. The summed E-state index contributed by atoms with van der Waals surface area (Å²) in [4.78, 5) is 0.499. The summed E-state index contributed by atoms with van der Waals surface area (Å²) in [6.07, 6.45) is 3.74. The maximum atomic E-state index is 13.4. The second-order valence-corrected chi connectivity index (χ2v) is 9.92. The van der Waals surface area contributed by atoms with Crippen LogP contribution in [-0.4, -0.2) is 19.7 Å². The van der Waals surface area contributed by atoms with Crippen LogP contribution in [0.4, 0.5) is 0 Å². The molecule has 3 rings (SSSR count). The van der Waals surface area contributed by atoms with E-state index in [1.807, 2.05) is 31.2 Å². The number of unbranched alkanes of at least 4 members (excludes halogenated alkanes) is 1. The number of rotatable bonds is 5. The maximum Gasteiger partial charge on any atom is 0.180 e. The van der Waals surface area contributed by atoms with Crippen molar-refractivity contribution < 1.29 is 8.42 Å². The quantitative estimate of drug-likeness (QED) is 0.778. The van der Waals surface area contributed by atoms with Crippen LogP contribution in [0.3, 0.4) is 0 Å². The Kier molecular flexibility index (Phi) is 5.78. The van der Waals surface area contributed by atoms with Crippen LogP contribution >= 0.6 is 0 Å².